The average Bonchev–Trinajstić information content (AvgIpc) is 3.14. The van der Waals surface area contributed by atoms with E-state index in [9.17, 15) is 9.59 Å². The molecule has 1 amide bonds. The van der Waals surface area contributed by atoms with Gasteiger partial charge < -0.3 is 14.4 Å². The molecular weight excluding hydrogens is 476 g/mol. The number of hydrogen-bond acceptors (Lipinski definition) is 6. The Labute approximate surface area is 217 Å². The average molecular weight is 513 g/mol. The maximum atomic E-state index is 13.8. The lowest BCUT2D eigenvalue weighted by molar-refractivity contribution is -0.122. The number of thiocarbonyl (C=S) groups is 1. The molecule has 0 saturated carbocycles. The summed E-state index contributed by atoms with van der Waals surface area (Å²) in [7, 11) is 0. The van der Waals surface area contributed by atoms with Crippen LogP contribution in [0.4, 0.5) is 5.69 Å². The van der Waals surface area contributed by atoms with Crippen LogP contribution in [0.5, 0.6) is 0 Å². The molecule has 2 aliphatic heterocycles. The summed E-state index contributed by atoms with van der Waals surface area (Å²) in [6.07, 6.45) is 6.16. The highest BCUT2D eigenvalue weighted by Gasteiger charge is 2.33. The number of hydrogen-bond donors (Lipinski definition) is 0. The second kappa shape index (κ2) is 11.7. The summed E-state index contributed by atoms with van der Waals surface area (Å²) in [5.74, 6) is -0.0751. The van der Waals surface area contributed by atoms with Crippen molar-refractivity contribution in [1.29, 1.82) is 0 Å². The van der Waals surface area contributed by atoms with E-state index < -0.39 is 0 Å². The summed E-state index contributed by atoms with van der Waals surface area (Å²) >= 11 is 6.88. The molecule has 0 spiro atoms. The normalized spacial score (nSPS) is 18.4. The number of pyridine rings is 1. The molecule has 1 aromatic heterocycles. The van der Waals surface area contributed by atoms with Crippen molar-refractivity contribution in [1.82, 2.24) is 14.4 Å². The minimum absolute atomic E-state index is 0.0488. The van der Waals surface area contributed by atoms with Gasteiger partial charge in [-0.3, -0.25) is 14.5 Å². The van der Waals surface area contributed by atoms with Crippen molar-refractivity contribution in [2.45, 2.75) is 53.0 Å². The standard InChI is InChI=1S/C27H36N4O2S2/c1-4-7-8-11-14-31-26(33)23(35-27(31)34)19-21-24(29-17-15-28(5-2)16-18-29)20-12-9-10-13-22(20)30(6-3)25(21)32/h9-10,12-13,19H,4-8,11,14-18H2,1-3H3. The largest absolute Gasteiger partial charge is 0.368 e. The van der Waals surface area contributed by atoms with Gasteiger partial charge in [0.1, 0.15) is 4.32 Å². The van der Waals surface area contributed by atoms with Crippen molar-refractivity contribution < 1.29 is 4.79 Å². The Morgan fingerprint density at radius 1 is 0.971 bits per heavy atom. The van der Waals surface area contributed by atoms with Crippen LogP contribution in [0.25, 0.3) is 17.0 Å². The highest BCUT2D eigenvalue weighted by Crippen LogP contribution is 2.36. The van der Waals surface area contributed by atoms with E-state index in [0.717, 1.165) is 75.0 Å². The number of amides is 1. The highest BCUT2D eigenvalue weighted by molar-refractivity contribution is 8.26. The lowest BCUT2D eigenvalue weighted by Crippen LogP contribution is -2.47. The number of benzene rings is 1. The van der Waals surface area contributed by atoms with Gasteiger partial charge >= 0.3 is 0 Å². The number of fused-ring (bicyclic) bond motifs is 1. The van der Waals surface area contributed by atoms with Gasteiger partial charge in [-0.2, -0.15) is 0 Å². The molecule has 0 N–H and O–H groups in total. The van der Waals surface area contributed by atoms with Crippen LogP contribution in [0, 0.1) is 0 Å². The van der Waals surface area contributed by atoms with Crippen molar-refractivity contribution >= 4 is 56.9 Å². The van der Waals surface area contributed by atoms with Gasteiger partial charge in [0.05, 0.1) is 21.7 Å². The molecule has 0 aliphatic carbocycles. The minimum atomic E-state index is -0.0751. The number of unbranched alkanes of at least 4 members (excludes halogenated alkanes) is 3. The number of rotatable bonds is 9. The van der Waals surface area contributed by atoms with Gasteiger partial charge in [0.25, 0.3) is 11.5 Å². The van der Waals surface area contributed by atoms with Gasteiger partial charge in [-0.25, -0.2) is 0 Å². The van der Waals surface area contributed by atoms with Crippen LogP contribution in [0.1, 0.15) is 52.0 Å². The van der Waals surface area contributed by atoms with Crippen molar-refractivity contribution in [2.75, 3.05) is 44.2 Å². The number of carbonyl (C=O) groups excluding carboxylic acids is 1. The smallest absolute Gasteiger partial charge is 0.266 e. The maximum Gasteiger partial charge on any atom is 0.266 e. The first-order chi connectivity index (χ1) is 17.0. The van der Waals surface area contributed by atoms with Crippen molar-refractivity contribution in [2.24, 2.45) is 0 Å². The van der Waals surface area contributed by atoms with Crippen molar-refractivity contribution in [3.8, 4) is 0 Å². The van der Waals surface area contributed by atoms with Crippen molar-refractivity contribution in [3.63, 3.8) is 0 Å². The first kappa shape index (κ1) is 25.9. The predicted molar refractivity (Wildman–Crippen MR) is 152 cm³/mol. The van der Waals surface area contributed by atoms with Gasteiger partial charge in [-0.05, 0) is 32.0 Å². The number of para-hydroxylation sites is 1. The summed E-state index contributed by atoms with van der Waals surface area (Å²) < 4.78 is 2.41. The van der Waals surface area contributed by atoms with Crippen LogP contribution in [0.3, 0.4) is 0 Å². The van der Waals surface area contributed by atoms with Gasteiger partial charge in [0, 0.05) is 44.7 Å². The number of likely N-dealkylation sites (N-methyl/N-ethyl adjacent to an activating group) is 1. The molecule has 0 radical (unpaired) electrons. The molecule has 0 atom stereocenters. The van der Waals surface area contributed by atoms with Crippen molar-refractivity contribution in [3.05, 3.63) is 45.1 Å². The number of aryl methyl sites for hydroxylation is 1. The Bertz CT molecular complexity index is 1180. The van der Waals surface area contributed by atoms with Crippen LogP contribution >= 0.6 is 24.0 Å². The quantitative estimate of drug-likeness (QED) is 0.269. The monoisotopic (exact) mass is 512 g/mol. The summed E-state index contributed by atoms with van der Waals surface area (Å²) in [6, 6.07) is 8.12. The van der Waals surface area contributed by atoms with Crippen LogP contribution in [-0.2, 0) is 11.3 Å². The third-order valence-corrected chi connectivity index (χ3v) is 8.39. The van der Waals surface area contributed by atoms with Gasteiger partial charge in [-0.15, -0.1) is 0 Å². The fourth-order valence-corrected chi connectivity index (χ4v) is 6.29. The molecule has 6 nitrogen and oxygen atoms in total. The zero-order valence-electron chi connectivity index (χ0n) is 21.1. The summed E-state index contributed by atoms with van der Waals surface area (Å²) in [6.45, 7) is 12.2. The highest BCUT2D eigenvalue weighted by atomic mass is 32.2. The molecule has 4 rings (SSSR count). The fraction of sp³-hybridized carbons (Fsp3) is 0.519. The number of anilines is 1. The number of nitrogens with zero attached hydrogens (tertiary/aromatic N) is 4. The van der Waals surface area contributed by atoms with E-state index in [4.69, 9.17) is 12.2 Å². The van der Waals surface area contributed by atoms with Gasteiger partial charge in [0.2, 0.25) is 0 Å². The fourth-order valence-electron chi connectivity index (χ4n) is 5.00. The molecule has 8 heteroatoms. The van der Waals surface area contributed by atoms with Gasteiger partial charge in [0.15, 0.2) is 0 Å². The van der Waals surface area contributed by atoms with E-state index >= 15 is 0 Å². The molecule has 2 aliphatic rings. The number of carbonyl (C=O) groups is 1. The SMILES string of the molecule is CCCCCCN1C(=O)C(=Cc2c(N3CCN(CC)CC3)c3ccccc3n(CC)c2=O)SC1=S. The predicted octanol–water partition coefficient (Wildman–Crippen LogP) is 4.94. The van der Waals surface area contributed by atoms with E-state index in [-0.39, 0.29) is 11.5 Å². The van der Waals surface area contributed by atoms with Crippen LogP contribution in [-0.4, -0.2) is 63.9 Å². The molecular formula is C27H36N4O2S2. The van der Waals surface area contributed by atoms with E-state index in [1.165, 1.54) is 11.8 Å². The molecule has 0 unspecified atom stereocenters. The Morgan fingerprint density at radius 2 is 1.71 bits per heavy atom. The molecule has 2 fully saturated rings. The second-order valence-corrected chi connectivity index (χ2v) is 10.8. The Hall–Kier alpha value is -2.16. The molecule has 2 aromatic rings. The molecule has 35 heavy (non-hydrogen) atoms. The zero-order valence-corrected chi connectivity index (χ0v) is 22.7. The third-order valence-electron chi connectivity index (χ3n) is 7.02. The third kappa shape index (κ3) is 5.34. The lowest BCUT2D eigenvalue weighted by Gasteiger charge is -2.37. The Kier molecular flexibility index (Phi) is 8.68. The molecule has 0 bridgehead atoms. The van der Waals surface area contributed by atoms with Crippen LogP contribution in [0.2, 0.25) is 0 Å². The molecule has 3 heterocycles. The Morgan fingerprint density at radius 3 is 2.40 bits per heavy atom. The van der Waals surface area contributed by atoms with E-state index in [1.54, 1.807) is 4.90 Å². The first-order valence-corrected chi connectivity index (χ1v) is 14.1. The number of aromatic nitrogens is 1. The first-order valence-electron chi connectivity index (χ1n) is 12.9. The zero-order chi connectivity index (χ0) is 24.9. The number of piperazine rings is 1. The summed E-state index contributed by atoms with van der Waals surface area (Å²) in [5.41, 5.74) is 2.43. The molecule has 188 valence electrons. The van der Waals surface area contributed by atoms with Crippen LogP contribution in [0.15, 0.2) is 34.0 Å². The minimum Gasteiger partial charge on any atom is -0.368 e. The lowest BCUT2D eigenvalue weighted by atomic mass is 10.0. The van der Waals surface area contributed by atoms with Crippen LogP contribution < -0.4 is 10.5 Å². The van der Waals surface area contributed by atoms with Gasteiger partial charge in [-0.1, -0.05) is 75.3 Å². The van der Waals surface area contributed by atoms with E-state index in [1.807, 2.05) is 35.8 Å². The van der Waals surface area contributed by atoms with E-state index in [0.29, 0.717) is 27.9 Å². The molecule has 2 saturated heterocycles. The Balaban J connectivity index is 1.77. The number of thioether (sulfide) groups is 1. The maximum absolute atomic E-state index is 13.8. The second-order valence-electron chi connectivity index (χ2n) is 9.14. The molecule has 1 aromatic carbocycles. The van der Waals surface area contributed by atoms with E-state index in [2.05, 4.69) is 29.7 Å². The summed E-state index contributed by atoms with van der Waals surface area (Å²) in [4.78, 5) is 34.1. The topological polar surface area (TPSA) is 48.8 Å². The summed E-state index contributed by atoms with van der Waals surface area (Å²) in [5, 5.41) is 1.06.